The zero-order valence-electron chi connectivity index (χ0n) is 16.3. The third-order valence-electron chi connectivity index (χ3n) is 4.27. The molecule has 1 N–H and O–H groups in total. The summed E-state index contributed by atoms with van der Waals surface area (Å²) in [7, 11) is 0. The van der Waals surface area contributed by atoms with Gasteiger partial charge in [-0.1, -0.05) is 27.2 Å². The van der Waals surface area contributed by atoms with Gasteiger partial charge in [0, 0.05) is 18.2 Å². The van der Waals surface area contributed by atoms with Crippen LogP contribution in [0.4, 0.5) is 5.69 Å². The van der Waals surface area contributed by atoms with E-state index in [1.165, 1.54) is 0 Å². The van der Waals surface area contributed by atoms with Gasteiger partial charge in [0.2, 0.25) is 0 Å². The van der Waals surface area contributed by atoms with E-state index < -0.39 is 5.60 Å². The van der Waals surface area contributed by atoms with E-state index in [1.807, 2.05) is 38.1 Å². The molecule has 142 valence electrons. The van der Waals surface area contributed by atoms with Gasteiger partial charge in [-0.3, -0.25) is 9.78 Å². The molecule has 0 saturated heterocycles. The number of carbonyl (C=O) groups is 1. The van der Waals surface area contributed by atoms with Gasteiger partial charge in [0.1, 0.15) is 16.9 Å². The third-order valence-corrected chi connectivity index (χ3v) is 4.27. The molecule has 1 amide bonds. The van der Waals surface area contributed by atoms with E-state index in [1.54, 1.807) is 6.20 Å². The molecule has 0 fully saturated rings. The Labute approximate surface area is 156 Å². The number of hydrogen-bond donors (Lipinski definition) is 1. The van der Waals surface area contributed by atoms with E-state index in [0.29, 0.717) is 19.6 Å². The van der Waals surface area contributed by atoms with Crippen molar-refractivity contribution < 1.29 is 14.3 Å². The van der Waals surface area contributed by atoms with Crippen molar-refractivity contribution in [3.8, 4) is 5.75 Å². The lowest BCUT2D eigenvalue weighted by atomic mass is 9.98. The van der Waals surface area contributed by atoms with Gasteiger partial charge in [-0.05, 0) is 50.5 Å². The molecule has 0 bridgehead atoms. The monoisotopic (exact) mass is 358 g/mol. The first-order chi connectivity index (χ1) is 12.6. The lowest BCUT2D eigenvalue weighted by Gasteiger charge is -2.28. The largest absolute Gasteiger partial charge is 0.491 e. The van der Waals surface area contributed by atoms with Gasteiger partial charge < -0.3 is 14.8 Å². The Morgan fingerprint density at radius 2 is 1.88 bits per heavy atom. The highest BCUT2D eigenvalue weighted by molar-refractivity contribution is 6.05. The summed E-state index contributed by atoms with van der Waals surface area (Å²) >= 11 is 0. The van der Waals surface area contributed by atoms with Gasteiger partial charge in [-0.15, -0.1) is 0 Å². The predicted molar refractivity (Wildman–Crippen MR) is 106 cm³/mol. The van der Waals surface area contributed by atoms with Gasteiger partial charge in [0.25, 0.3) is 5.91 Å². The summed E-state index contributed by atoms with van der Waals surface area (Å²) in [6.45, 7) is 9.22. The molecule has 26 heavy (non-hydrogen) atoms. The SMILES string of the molecule is CCCOc1ccc(NC(=O)[C@](C)(CCC)OCCC)c2cccnc12. The fourth-order valence-corrected chi connectivity index (χ4v) is 2.89. The number of anilines is 1. The second-order valence-electron chi connectivity index (χ2n) is 6.64. The minimum absolute atomic E-state index is 0.125. The first-order valence-electron chi connectivity index (χ1n) is 9.51. The van der Waals surface area contributed by atoms with E-state index in [0.717, 1.165) is 41.6 Å². The lowest BCUT2D eigenvalue weighted by molar-refractivity contribution is -0.140. The summed E-state index contributed by atoms with van der Waals surface area (Å²) in [4.78, 5) is 17.4. The summed E-state index contributed by atoms with van der Waals surface area (Å²) in [5.74, 6) is 0.610. The van der Waals surface area contributed by atoms with Crippen molar-refractivity contribution >= 4 is 22.5 Å². The highest BCUT2D eigenvalue weighted by Crippen LogP contribution is 2.31. The van der Waals surface area contributed by atoms with Crippen LogP contribution in [-0.2, 0) is 9.53 Å². The molecule has 1 atom stereocenters. The van der Waals surface area contributed by atoms with E-state index in [4.69, 9.17) is 9.47 Å². The van der Waals surface area contributed by atoms with Crippen molar-refractivity contribution in [1.29, 1.82) is 0 Å². The maximum Gasteiger partial charge on any atom is 0.256 e. The summed E-state index contributed by atoms with van der Waals surface area (Å²) in [5.41, 5.74) is 0.645. The van der Waals surface area contributed by atoms with Crippen LogP contribution >= 0.6 is 0 Å². The number of hydrogen-bond acceptors (Lipinski definition) is 4. The molecule has 0 saturated carbocycles. The van der Waals surface area contributed by atoms with Gasteiger partial charge >= 0.3 is 0 Å². The van der Waals surface area contributed by atoms with Crippen LogP contribution in [0.25, 0.3) is 10.9 Å². The molecule has 2 rings (SSSR count). The Bertz CT molecular complexity index is 732. The number of nitrogens with one attached hydrogen (secondary N) is 1. The second-order valence-corrected chi connectivity index (χ2v) is 6.64. The molecule has 0 aliphatic heterocycles. The van der Waals surface area contributed by atoms with Crippen molar-refractivity contribution in [3.05, 3.63) is 30.5 Å². The summed E-state index contributed by atoms with van der Waals surface area (Å²) in [6.07, 6.45) is 5.09. The van der Waals surface area contributed by atoms with Gasteiger partial charge in [0.15, 0.2) is 0 Å². The van der Waals surface area contributed by atoms with Crippen LogP contribution in [0.15, 0.2) is 30.5 Å². The van der Waals surface area contributed by atoms with Crippen LogP contribution in [-0.4, -0.2) is 29.7 Å². The number of fused-ring (bicyclic) bond motifs is 1. The molecule has 1 aromatic carbocycles. The summed E-state index contributed by atoms with van der Waals surface area (Å²) in [6, 6.07) is 7.55. The number of amides is 1. The minimum atomic E-state index is -0.837. The first-order valence-corrected chi connectivity index (χ1v) is 9.51. The fourth-order valence-electron chi connectivity index (χ4n) is 2.89. The van der Waals surface area contributed by atoms with E-state index >= 15 is 0 Å². The molecule has 0 aliphatic rings. The fraction of sp³-hybridized carbons (Fsp3) is 0.524. The van der Waals surface area contributed by atoms with Gasteiger partial charge in [-0.25, -0.2) is 0 Å². The molecule has 2 aromatic rings. The quantitative estimate of drug-likeness (QED) is 0.653. The Hall–Kier alpha value is -2.14. The first kappa shape index (κ1) is 20.2. The van der Waals surface area contributed by atoms with Crippen LogP contribution in [0.5, 0.6) is 5.75 Å². The Balaban J connectivity index is 2.31. The standard InChI is InChI=1S/C21H30N2O3/c1-5-12-21(4,26-15-7-3)20(24)23-17-10-11-18(25-14-6-2)19-16(17)9-8-13-22-19/h8-11,13H,5-7,12,14-15H2,1-4H3,(H,23,24)/t21-/m0/s1. The topological polar surface area (TPSA) is 60.5 Å². The minimum Gasteiger partial charge on any atom is -0.491 e. The second kappa shape index (κ2) is 9.53. The van der Waals surface area contributed by atoms with Gasteiger partial charge in [0.05, 0.1) is 12.3 Å². The Morgan fingerprint density at radius 1 is 1.12 bits per heavy atom. The molecule has 1 aromatic heterocycles. The highest BCUT2D eigenvalue weighted by atomic mass is 16.5. The average Bonchev–Trinajstić information content (AvgIpc) is 2.66. The Kier molecular flexibility index (Phi) is 7.39. The number of benzene rings is 1. The van der Waals surface area contributed by atoms with Crippen molar-refractivity contribution in [1.82, 2.24) is 4.98 Å². The molecular weight excluding hydrogens is 328 g/mol. The van der Waals surface area contributed by atoms with Crippen LogP contribution < -0.4 is 10.1 Å². The zero-order chi connectivity index (χ0) is 19.0. The van der Waals surface area contributed by atoms with E-state index in [-0.39, 0.29) is 5.91 Å². The number of ether oxygens (including phenoxy) is 2. The van der Waals surface area contributed by atoms with Crippen molar-refractivity contribution in [2.45, 2.75) is 59.0 Å². The molecular formula is C21H30N2O3. The van der Waals surface area contributed by atoms with Crippen LogP contribution in [0.2, 0.25) is 0 Å². The van der Waals surface area contributed by atoms with Gasteiger partial charge in [-0.2, -0.15) is 0 Å². The lowest BCUT2D eigenvalue weighted by Crippen LogP contribution is -2.43. The third kappa shape index (κ3) is 4.73. The van der Waals surface area contributed by atoms with E-state index in [2.05, 4.69) is 24.1 Å². The van der Waals surface area contributed by atoms with Crippen LogP contribution in [0.1, 0.15) is 53.4 Å². The number of nitrogens with zero attached hydrogens (tertiary/aromatic N) is 1. The maximum atomic E-state index is 12.9. The molecule has 5 nitrogen and oxygen atoms in total. The number of carbonyl (C=O) groups excluding carboxylic acids is 1. The van der Waals surface area contributed by atoms with Crippen molar-refractivity contribution in [3.63, 3.8) is 0 Å². The van der Waals surface area contributed by atoms with Crippen LogP contribution in [0, 0.1) is 0 Å². The molecule has 0 unspecified atom stereocenters. The maximum absolute atomic E-state index is 12.9. The number of rotatable bonds is 10. The molecule has 0 spiro atoms. The average molecular weight is 358 g/mol. The number of aromatic nitrogens is 1. The van der Waals surface area contributed by atoms with E-state index in [9.17, 15) is 4.79 Å². The number of pyridine rings is 1. The summed E-state index contributed by atoms with van der Waals surface area (Å²) in [5, 5.41) is 3.91. The molecule has 1 heterocycles. The normalized spacial score (nSPS) is 13.4. The smallest absolute Gasteiger partial charge is 0.256 e. The highest BCUT2D eigenvalue weighted by Gasteiger charge is 2.33. The summed E-state index contributed by atoms with van der Waals surface area (Å²) < 4.78 is 11.7. The molecule has 0 aliphatic carbocycles. The van der Waals surface area contributed by atoms with Crippen molar-refractivity contribution in [2.75, 3.05) is 18.5 Å². The molecule has 5 heteroatoms. The molecule has 0 radical (unpaired) electrons. The van der Waals surface area contributed by atoms with Crippen LogP contribution in [0.3, 0.4) is 0 Å². The Morgan fingerprint density at radius 3 is 2.58 bits per heavy atom. The van der Waals surface area contributed by atoms with Crippen molar-refractivity contribution in [2.24, 2.45) is 0 Å². The zero-order valence-corrected chi connectivity index (χ0v) is 16.3. The predicted octanol–water partition coefficient (Wildman–Crippen LogP) is 4.95.